The molecule has 5 heteroatoms. The van der Waals surface area contributed by atoms with Crippen molar-refractivity contribution in [2.24, 2.45) is 7.05 Å². The Morgan fingerprint density at radius 3 is 2.55 bits per heavy atom. The highest BCUT2D eigenvalue weighted by Gasteiger charge is 2.13. The van der Waals surface area contributed by atoms with Crippen molar-refractivity contribution in [3.8, 4) is 0 Å². The quantitative estimate of drug-likeness (QED) is 0.532. The van der Waals surface area contributed by atoms with Gasteiger partial charge in [-0.25, -0.2) is 4.79 Å². The number of aryl methyl sites for hydroxylation is 1. The van der Waals surface area contributed by atoms with Crippen molar-refractivity contribution >= 4 is 5.97 Å². The van der Waals surface area contributed by atoms with Crippen LogP contribution in [0, 0.1) is 6.92 Å². The van der Waals surface area contributed by atoms with Crippen LogP contribution in [0.3, 0.4) is 0 Å². The number of ether oxygens (including phenoxy) is 1. The summed E-state index contributed by atoms with van der Waals surface area (Å²) >= 11 is 0. The molecule has 1 heterocycles. The first kappa shape index (κ1) is 7.71. The second kappa shape index (κ2) is 2.69. The van der Waals surface area contributed by atoms with E-state index >= 15 is 0 Å². The van der Waals surface area contributed by atoms with E-state index in [2.05, 4.69) is 14.9 Å². The third-order valence-electron chi connectivity index (χ3n) is 1.46. The predicted molar refractivity (Wildman–Crippen MR) is 37.1 cm³/mol. The lowest BCUT2D eigenvalue weighted by Crippen LogP contribution is -2.09. The van der Waals surface area contributed by atoms with Gasteiger partial charge in [0.2, 0.25) is 5.82 Å². The lowest BCUT2D eigenvalue weighted by Gasteiger charge is -1.97. The van der Waals surface area contributed by atoms with Gasteiger partial charge in [0.1, 0.15) is 5.82 Å². The number of carbonyl (C=O) groups is 1. The average Bonchev–Trinajstić information content (AvgIpc) is 2.32. The second-order valence-corrected chi connectivity index (χ2v) is 2.12. The highest BCUT2D eigenvalue weighted by molar-refractivity contribution is 5.85. The molecule has 1 aromatic rings. The Labute approximate surface area is 64.0 Å². The third-order valence-corrected chi connectivity index (χ3v) is 1.46. The molecular weight excluding hydrogens is 146 g/mol. The van der Waals surface area contributed by atoms with Gasteiger partial charge in [0.15, 0.2) is 0 Å². The minimum absolute atomic E-state index is 0.227. The summed E-state index contributed by atoms with van der Waals surface area (Å²) in [6.07, 6.45) is 0. The van der Waals surface area contributed by atoms with E-state index in [9.17, 15) is 4.79 Å². The van der Waals surface area contributed by atoms with Gasteiger partial charge in [-0.1, -0.05) is 0 Å². The van der Waals surface area contributed by atoms with Crippen LogP contribution in [0.1, 0.15) is 16.4 Å². The van der Waals surface area contributed by atoms with E-state index in [0.717, 1.165) is 0 Å². The molecule has 0 aromatic carbocycles. The number of methoxy groups -OCH3 is 1. The first-order valence-corrected chi connectivity index (χ1v) is 3.11. The zero-order chi connectivity index (χ0) is 8.43. The summed E-state index contributed by atoms with van der Waals surface area (Å²) in [5, 5.41) is 7.32. The molecule has 5 nitrogen and oxygen atoms in total. The van der Waals surface area contributed by atoms with Gasteiger partial charge in [-0.05, 0) is 6.92 Å². The summed E-state index contributed by atoms with van der Waals surface area (Å²) in [5.74, 6) is 0.448. The van der Waals surface area contributed by atoms with Crippen molar-refractivity contribution < 1.29 is 9.53 Å². The van der Waals surface area contributed by atoms with E-state index in [1.54, 1.807) is 18.5 Å². The number of rotatable bonds is 1. The van der Waals surface area contributed by atoms with Crippen molar-refractivity contribution in [1.29, 1.82) is 0 Å². The highest BCUT2D eigenvalue weighted by atomic mass is 16.5. The lowest BCUT2D eigenvalue weighted by atomic mass is 10.6. The Bertz CT molecular complexity index is 279. The molecule has 1 aromatic heterocycles. The lowest BCUT2D eigenvalue weighted by molar-refractivity contribution is 0.0582. The van der Waals surface area contributed by atoms with Gasteiger partial charge in [-0.15, -0.1) is 10.2 Å². The molecule has 0 radical (unpaired) electrons. The number of hydrogen-bond acceptors (Lipinski definition) is 4. The third kappa shape index (κ3) is 1.21. The van der Waals surface area contributed by atoms with Gasteiger partial charge < -0.3 is 9.30 Å². The van der Waals surface area contributed by atoms with E-state index < -0.39 is 5.97 Å². The van der Waals surface area contributed by atoms with Crippen LogP contribution in [0.2, 0.25) is 0 Å². The Morgan fingerprint density at radius 1 is 1.55 bits per heavy atom. The summed E-state index contributed by atoms with van der Waals surface area (Å²) < 4.78 is 6.04. The topological polar surface area (TPSA) is 57.0 Å². The molecule has 0 aliphatic heterocycles. The van der Waals surface area contributed by atoms with Crippen LogP contribution in [-0.2, 0) is 11.8 Å². The Kier molecular flexibility index (Phi) is 1.89. The van der Waals surface area contributed by atoms with Crippen molar-refractivity contribution in [2.75, 3.05) is 7.11 Å². The van der Waals surface area contributed by atoms with Gasteiger partial charge in [-0.3, -0.25) is 0 Å². The van der Waals surface area contributed by atoms with Crippen LogP contribution < -0.4 is 0 Å². The highest BCUT2D eigenvalue weighted by Crippen LogP contribution is 1.98. The van der Waals surface area contributed by atoms with Crippen molar-refractivity contribution in [2.45, 2.75) is 6.92 Å². The van der Waals surface area contributed by atoms with E-state index in [1.807, 2.05) is 0 Å². The number of esters is 1. The summed E-state index contributed by atoms with van der Waals surface area (Å²) in [6.45, 7) is 1.76. The molecule has 60 valence electrons. The SMILES string of the molecule is COC(=O)c1nnc(C)n1C. The standard InChI is InChI=1S/C6H9N3O2/c1-4-7-8-5(9(4)2)6(10)11-3/h1-3H3. The summed E-state index contributed by atoms with van der Waals surface area (Å²) in [5.41, 5.74) is 0. The van der Waals surface area contributed by atoms with Crippen LogP contribution in [-0.4, -0.2) is 27.8 Å². The molecule has 0 fully saturated rings. The maximum atomic E-state index is 10.9. The molecular formula is C6H9N3O2. The molecule has 0 spiro atoms. The molecule has 0 bridgehead atoms. The number of nitrogens with zero attached hydrogens (tertiary/aromatic N) is 3. The van der Waals surface area contributed by atoms with Crippen LogP contribution in [0.4, 0.5) is 0 Å². The van der Waals surface area contributed by atoms with E-state index in [1.165, 1.54) is 7.11 Å². The van der Waals surface area contributed by atoms with Gasteiger partial charge in [0, 0.05) is 7.05 Å². The van der Waals surface area contributed by atoms with Crippen molar-refractivity contribution in [3.05, 3.63) is 11.6 Å². The molecule has 0 N–H and O–H groups in total. The fourth-order valence-electron chi connectivity index (χ4n) is 0.676. The average molecular weight is 155 g/mol. The molecule has 0 saturated carbocycles. The molecule has 0 aliphatic carbocycles. The zero-order valence-corrected chi connectivity index (χ0v) is 6.66. The van der Waals surface area contributed by atoms with Crippen LogP contribution in [0.5, 0.6) is 0 Å². The minimum Gasteiger partial charge on any atom is -0.463 e. The fraction of sp³-hybridized carbons (Fsp3) is 0.500. The molecule has 0 amide bonds. The molecule has 0 atom stereocenters. The Morgan fingerprint density at radius 2 is 2.18 bits per heavy atom. The van der Waals surface area contributed by atoms with Gasteiger partial charge >= 0.3 is 5.97 Å². The number of hydrogen-bond donors (Lipinski definition) is 0. The maximum Gasteiger partial charge on any atom is 0.376 e. The van der Waals surface area contributed by atoms with Crippen LogP contribution >= 0.6 is 0 Å². The molecule has 0 aliphatic rings. The first-order valence-electron chi connectivity index (χ1n) is 3.11. The second-order valence-electron chi connectivity index (χ2n) is 2.12. The Balaban J connectivity index is 3.04. The smallest absolute Gasteiger partial charge is 0.376 e. The predicted octanol–water partition coefficient (Wildman–Crippen LogP) is -0.0899. The zero-order valence-electron chi connectivity index (χ0n) is 6.66. The van der Waals surface area contributed by atoms with Crippen LogP contribution in [0.25, 0.3) is 0 Å². The summed E-state index contributed by atoms with van der Waals surface area (Å²) in [6, 6.07) is 0. The van der Waals surface area contributed by atoms with E-state index in [0.29, 0.717) is 5.82 Å². The molecule has 11 heavy (non-hydrogen) atoms. The van der Waals surface area contributed by atoms with Crippen molar-refractivity contribution in [1.82, 2.24) is 14.8 Å². The molecule has 0 saturated heterocycles. The maximum absolute atomic E-state index is 10.9. The van der Waals surface area contributed by atoms with Crippen LogP contribution in [0.15, 0.2) is 0 Å². The summed E-state index contributed by atoms with van der Waals surface area (Å²) in [4.78, 5) is 10.9. The normalized spacial score (nSPS) is 9.73. The van der Waals surface area contributed by atoms with Gasteiger partial charge in [0.05, 0.1) is 7.11 Å². The summed E-state index contributed by atoms with van der Waals surface area (Å²) in [7, 11) is 3.02. The van der Waals surface area contributed by atoms with Crippen molar-refractivity contribution in [3.63, 3.8) is 0 Å². The molecule has 1 rings (SSSR count). The minimum atomic E-state index is -0.465. The Hall–Kier alpha value is -1.39. The largest absolute Gasteiger partial charge is 0.463 e. The van der Waals surface area contributed by atoms with E-state index in [-0.39, 0.29) is 5.82 Å². The molecule has 0 unspecified atom stereocenters. The van der Waals surface area contributed by atoms with Gasteiger partial charge in [-0.2, -0.15) is 0 Å². The number of aromatic nitrogens is 3. The number of carbonyl (C=O) groups excluding carboxylic acids is 1. The fourth-order valence-corrected chi connectivity index (χ4v) is 0.676. The monoisotopic (exact) mass is 155 g/mol. The van der Waals surface area contributed by atoms with E-state index in [4.69, 9.17) is 0 Å². The first-order chi connectivity index (χ1) is 5.16. The van der Waals surface area contributed by atoms with Gasteiger partial charge in [0.25, 0.3) is 0 Å².